The van der Waals surface area contributed by atoms with Crippen LogP contribution in [0.2, 0.25) is 0 Å². The van der Waals surface area contributed by atoms with Gasteiger partial charge in [0, 0.05) is 44.6 Å². The second kappa shape index (κ2) is 8.64. The highest BCUT2D eigenvalue weighted by Crippen LogP contribution is 2.17. The maximum atomic E-state index is 12.2. The first kappa shape index (κ1) is 17.4. The summed E-state index contributed by atoms with van der Waals surface area (Å²) < 4.78 is 0. The van der Waals surface area contributed by atoms with Crippen LogP contribution in [0, 0.1) is 0 Å². The fourth-order valence-corrected chi connectivity index (χ4v) is 3.36. The van der Waals surface area contributed by atoms with E-state index in [0.29, 0.717) is 32.1 Å². The van der Waals surface area contributed by atoms with E-state index >= 15 is 0 Å². The molecule has 25 heavy (non-hydrogen) atoms. The first-order valence-corrected chi connectivity index (χ1v) is 9.06. The molecule has 1 aliphatic carbocycles. The van der Waals surface area contributed by atoms with Crippen molar-refractivity contribution >= 4 is 17.9 Å². The van der Waals surface area contributed by atoms with Gasteiger partial charge < -0.3 is 20.4 Å². The van der Waals surface area contributed by atoms with Gasteiger partial charge in [-0.3, -0.25) is 4.79 Å². The van der Waals surface area contributed by atoms with Gasteiger partial charge in [0.25, 0.3) is 0 Å². The predicted octanol–water partition coefficient (Wildman–Crippen LogP) is 0.757. The predicted molar refractivity (Wildman–Crippen MR) is 94.2 cm³/mol. The Bertz CT molecular complexity index is 568. The summed E-state index contributed by atoms with van der Waals surface area (Å²) >= 11 is 0. The van der Waals surface area contributed by atoms with E-state index in [1.54, 1.807) is 23.4 Å². The van der Waals surface area contributed by atoms with Gasteiger partial charge in [-0.15, -0.1) is 0 Å². The smallest absolute Gasteiger partial charge is 0.317 e. The molecule has 0 spiro atoms. The lowest BCUT2D eigenvalue weighted by Gasteiger charge is -2.34. The third-order valence-electron chi connectivity index (χ3n) is 4.77. The molecule has 2 N–H and O–H groups in total. The summed E-state index contributed by atoms with van der Waals surface area (Å²) in [7, 11) is 0. The Labute approximate surface area is 148 Å². The average molecular weight is 346 g/mol. The zero-order valence-electron chi connectivity index (χ0n) is 14.5. The van der Waals surface area contributed by atoms with Crippen LogP contribution in [-0.4, -0.2) is 65.6 Å². The first-order chi connectivity index (χ1) is 12.2. The van der Waals surface area contributed by atoms with Crippen molar-refractivity contribution in [3.05, 3.63) is 18.5 Å². The van der Waals surface area contributed by atoms with E-state index in [1.807, 2.05) is 0 Å². The Morgan fingerprint density at radius 1 is 1.04 bits per heavy atom. The molecule has 1 aromatic rings. The molecule has 3 rings (SSSR count). The number of nitrogens with one attached hydrogen (secondary N) is 2. The van der Waals surface area contributed by atoms with E-state index < -0.39 is 0 Å². The van der Waals surface area contributed by atoms with Crippen molar-refractivity contribution in [1.82, 2.24) is 25.5 Å². The number of nitrogens with zero attached hydrogens (tertiary/aromatic N) is 4. The summed E-state index contributed by atoms with van der Waals surface area (Å²) in [6.45, 7) is 2.59. The molecule has 2 aliphatic rings. The molecular formula is C17H26N6O2. The van der Waals surface area contributed by atoms with Crippen molar-refractivity contribution in [1.29, 1.82) is 0 Å². The molecule has 0 unspecified atom stereocenters. The lowest BCUT2D eigenvalue weighted by Crippen LogP contribution is -2.53. The normalized spacial score (nSPS) is 18.7. The Hall–Kier alpha value is -2.38. The molecule has 1 aliphatic heterocycles. The van der Waals surface area contributed by atoms with Gasteiger partial charge in [0.05, 0.1) is 6.54 Å². The highest BCUT2D eigenvalue weighted by atomic mass is 16.2. The number of anilines is 1. The first-order valence-electron chi connectivity index (χ1n) is 9.06. The number of carbonyl (C=O) groups is 2. The van der Waals surface area contributed by atoms with E-state index in [9.17, 15) is 9.59 Å². The third kappa shape index (κ3) is 5.04. The molecule has 1 saturated carbocycles. The number of hydrogen-bond acceptors (Lipinski definition) is 5. The van der Waals surface area contributed by atoms with Gasteiger partial charge in [-0.05, 0) is 18.9 Å². The van der Waals surface area contributed by atoms with Crippen LogP contribution in [-0.2, 0) is 4.79 Å². The number of aromatic nitrogens is 2. The van der Waals surface area contributed by atoms with Gasteiger partial charge >= 0.3 is 6.03 Å². The van der Waals surface area contributed by atoms with Crippen molar-refractivity contribution in [3.8, 4) is 0 Å². The van der Waals surface area contributed by atoms with Crippen LogP contribution in [0.25, 0.3) is 0 Å². The summed E-state index contributed by atoms with van der Waals surface area (Å²) in [5.41, 5.74) is 0. The van der Waals surface area contributed by atoms with E-state index in [1.165, 1.54) is 19.3 Å². The lowest BCUT2D eigenvalue weighted by molar-refractivity contribution is -0.121. The maximum Gasteiger partial charge on any atom is 0.317 e. The van der Waals surface area contributed by atoms with Crippen molar-refractivity contribution < 1.29 is 9.59 Å². The average Bonchev–Trinajstić information content (AvgIpc) is 2.68. The largest absolute Gasteiger partial charge is 0.352 e. The zero-order chi connectivity index (χ0) is 17.5. The third-order valence-corrected chi connectivity index (χ3v) is 4.77. The molecule has 0 bridgehead atoms. The fourth-order valence-electron chi connectivity index (χ4n) is 3.36. The Kier molecular flexibility index (Phi) is 6.03. The summed E-state index contributed by atoms with van der Waals surface area (Å²) in [4.78, 5) is 36.4. The molecule has 2 heterocycles. The van der Waals surface area contributed by atoms with E-state index in [2.05, 4.69) is 25.5 Å². The lowest BCUT2D eigenvalue weighted by atomic mass is 9.95. The number of carbonyl (C=O) groups excluding carboxylic acids is 2. The standard InChI is InChI=1S/C17H26N6O2/c24-15(21-14-5-2-1-3-6-14)13-20-17(25)23-11-9-22(10-12-23)16-18-7-4-8-19-16/h4,7-8,14H,1-3,5-6,9-13H2,(H,20,25)(H,21,24). The minimum Gasteiger partial charge on any atom is -0.352 e. The number of rotatable bonds is 4. The molecular weight excluding hydrogens is 320 g/mol. The minimum absolute atomic E-state index is 0.0390. The van der Waals surface area contributed by atoms with Gasteiger partial charge in [-0.1, -0.05) is 19.3 Å². The second-order valence-corrected chi connectivity index (χ2v) is 6.58. The summed E-state index contributed by atoms with van der Waals surface area (Å²) in [5, 5.41) is 5.73. The number of amides is 3. The van der Waals surface area contributed by atoms with Crippen molar-refractivity contribution in [3.63, 3.8) is 0 Å². The van der Waals surface area contributed by atoms with E-state index in [-0.39, 0.29) is 24.5 Å². The van der Waals surface area contributed by atoms with Gasteiger partial charge in [0.2, 0.25) is 11.9 Å². The SMILES string of the molecule is O=C(CNC(=O)N1CCN(c2ncccn2)CC1)NC1CCCCC1. The van der Waals surface area contributed by atoms with Crippen molar-refractivity contribution in [2.24, 2.45) is 0 Å². The van der Waals surface area contributed by atoms with Crippen molar-refractivity contribution in [2.45, 2.75) is 38.1 Å². The number of urea groups is 1. The molecule has 2 fully saturated rings. The highest BCUT2D eigenvalue weighted by Gasteiger charge is 2.23. The Morgan fingerprint density at radius 2 is 1.72 bits per heavy atom. The summed E-state index contributed by atoms with van der Waals surface area (Å²) in [5.74, 6) is 0.589. The number of hydrogen-bond donors (Lipinski definition) is 2. The van der Waals surface area contributed by atoms with Gasteiger partial charge in [-0.25, -0.2) is 14.8 Å². The molecule has 3 amide bonds. The van der Waals surface area contributed by atoms with Crippen LogP contribution in [0.4, 0.5) is 10.7 Å². The monoisotopic (exact) mass is 346 g/mol. The summed E-state index contributed by atoms with van der Waals surface area (Å²) in [6.07, 6.45) is 9.12. The maximum absolute atomic E-state index is 12.2. The molecule has 8 nitrogen and oxygen atoms in total. The summed E-state index contributed by atoms with van der Waals surface area (Å²) in [6, 6.07) is 1.87. The van der Waals surface area contributed by atoms with Gasteiger partial charge in [-0.2, -0.15) is 0 Å². The van der Waals surface area contributed by atoms with Crippen molar-refractivity contribution in [2.75, 3.05) is 37.6 Å². The molecule has 0 aromatic carbocycles. The van der Waals surface area contributed by atoms with Crippen LogP contribution in [0.3, 0.4) is 0 Å². The fraction of sp³-hybridized carbons (Fsp3) is 0.647. The topological polar surface area (TPSA) is 90.5 Å². The Balaban J connectivity index is 1.37. The molecule has 8 heteroatoms. The van der Waals surface area contributed by atoms with Crippen LogP contribution in [0.1, 0.15) is 32.1 Å². The van der Waals surface area contributed by atoms with E-state index in [0.717, 1.165) is 12.8 Å². The second-order valence-electron chi connectivity index (χ2n) is 6.58. The van der Waals surface area contributed by atoms with Crippen LogP contribution in [0.15, 0.2) is 18.5 Å². The molecule has 136 valence electrons. The highest BCUT2D eigenvalue weighted by molar-refractivity contribution is 5.84. The quantitative estimate of drug-likeness (QED) is 0.840. The minimum atomic E-state index is -0.188. The number of piperazine rings is 1. The zero-order valence-corrected chi connectivity index (χ0v) is 14.5. The van der Waals surface area contributed by atoms with E-state index in [4.69, 9.17) is 0 Å². The Morgan fingerprint density at radius 3 is 2.40 bits per heavy atom. The van der Waals surface area contributed by atoms with Crippen LogP contribution >= 0.6 is 0 Å². The van der Waals surface area contributed by atoms with Crippen LogP contribution in [0.5, 0.6) is 0 Å². The van der Waals surface area contributed by atoms with Gasteiger partial charge in [0.15, 0.2) is 0 Å². The molecule has 1 saturated heterocycles. The molecule has 0 radical (unpaired) electrons. The molecule has 1 aromatic heterocycles. The van der Waals surface area contributed by atoms with Crippen LogP contribution < -0.4 is 15.5 Å². The van der Waals surface area contributed by atoms with Gasteiger partial charge in [0.1, 0.15) is 0 Å². The molecule has 0 atom stereocenters.